The van der Waals surface area contributed by atoms with E-state index in [1.165, 1.54) is 11.3 Å². The molecule has 2 atom stereocenters. The summed E-state index contributed by atoms with van der Waals surface area (Å²) in [5.41, 5.74) is 7.46. The Morgan fingerprint density at radius 3 is 2.84 bits per heavy atom. The highest BCUT2D eigenvalue weighted by Crippen LogP contribution is 2.32. The number of aliphatic hydroxyl groups excluding tert-OH is 1. The number of nitrogens with two attached hydrogens (primary N) is 1. The van der Waals surface area contributed by atoms with Crippen LogP contribution in [0.15, 0.2) is 29.6 Å². The van der Waals surface area contributed by atoms with Gasteiger partial charge in [-0.2, -0.15) is 0 Å². The molecule has 0 fully saturated rings. The molecule has 0 spiro atoms. The number of aromatic nitrogens is 1. The Labute approximate surface area is 116 Å². The zero-order valence-electron chi connectivity index (χ0n) is 11.0. The summed E-state index contributed by atoms with van der Waals surface area (Å²) >= 11 is 1.53. The number of thiazole rings is 1. The molecule has 0 aliphatic rings. The zero-order chi connectivity index (χ0) is 13.8. The smallest absolute Gasteiger partial charge is 0.119 e. The number of hydrogen-bond acceptors (Lipinski definition) is 5. The molecule has 19 heavy (non-hydrogen) atoms. The van der Waals surface area contributed by atoms with Gasteiger partial charge in [-0.3, -0.25) is 0 Å². The molecule has 0 radical (unpaired) electrons. The Kier molecular flexibility index (Phi) is 4.52. The minimum absolute atomic E-state index is 0.184. The SMILES string of the molecule is COc1cccc(C(CN)C(O)c2csc(C)n2)c1. The Balaban J connectivity index is 2.28. The first-order valence-corrected chi connectivity index (χ1v) is 6.97. The van der Waals surface area contributed by atoms with Crippen LogP contribution in [-0.2, 0) is 0 Å². The van der Waals surface area contributed by atoms with Gasteiger partial charge in [0.25, 0.3) is 0 Å². The van der Waals surface area contributed by atoms with Crippen molar-refractivity contribution in [1.29, 1.82) is 0 Å². The molecule has 5 heteroatoms. The molecule has 1 aromatic heterocycles. The molecule has 3 N–H and O–H groups in total. The average molecular weight is 278 g/mol. The molecule has 0 aliphatic carbocycles. The summed E-state index contributed by atoms with van der Waals surface area (Å²) in [6.45, 7) is 2.27. The van der Waals surface area contributed by atoms with Crippen LogP contribution in [0.1, 0.15) is 28.3 Å². The Morgan fingerprint density at radius 2 is 2.26 bits per heavy atom. The molecule has 0 bridgehead atoms. The van der Waals surface area contributed by atoms with E-state index < -0.39 is 6.10 Å². The van der Waals surface area contributed by atoms with Gasteiger partial charge in [0.15, 0.2) is 0 Å². The monoisotopic (exact) mass is 278 g/mol. The van der Waals surface area contributed by atoms with Crippen molar-refractivity contribution in [3.8, 4) is 5.75 Å². The molecule has 4 nitrogen and oxygen atoms in total. The van der Waals surface area contributed by atoms with Crippen LogP contribution in [0.2, 0.25) is 0 Å². The van der Waals surface area contributed by atoms with Crippen molar-refractivity contribution < 1.29 is 9.84 Å². The van der Waals surface area contributed by atoms with Crippen LogP contribution in [0.3, 0.4) is 0 Å². The highest BCUT2D eigenvalue weighted by molar-refractivity contribution is 7.09. The van der Waals surface area contributed by atoms with Crippen molar-refractivity contribution in [2.24, 2.45) is 5.73 Å². The molecular weight excluding hydrogens is 260 g/mol. The van der Waals surface area contributed by atoms with E-state index in [1.807, 2.05) is 36.6 Å². The second-order valence-electron chi connectivity index (χ2n) is 4.36. The van der Waals surface area contributed by atoms with E-state index in [9.17, 15) is 5.11 Å². The maximum atomic E-state index is 10.4. The summed E-state index contributed by atoms with van der Waals surface area (Å²) in [6, 6.07) is 7.62. The van der Waals surface area contributed by atoms with E-state index in [0.717, 1.165) is 16.3 Å². The highest BCUT2D eigenvalue weighted by atomic mass is 32.1. The maximum Gasteiger partial charge on any atom is 0.119 e. The van der Waals surface area contributed by atoms with Gasteiger partial charge in [-0.15, -0.1) is 11.3 Å². The van der Waals surface area contributed by atoms with E-state index in [1.54, 1.807) is 7.11 Å². The summed E-state index contributed by atoms with van der Waals surface area (Å²) in [7, 11) is 1.62. The van der Waals surface area contributed by atoms with Gasteiger partial charge in [0.05, 0.1) is 17.8 Å². The summed E-state index contributed by atoms with van der Waals surface area (Å²) < 4.78 is 5.20. The minimum atomic E-state index is -0.693. The van der Waals surface area contributed by atoms with Crippen LogP contribution >= 0.6 is 11.3 Å². The third-order valence-electron chi connectivity index (χ3n) is 3.10. The largest absolute Gasteiger partial charge is 0.497 e. The molecule has 0 amide bonds. The van der Waals surface area contributed by atoms with Gasteiger partial charge in [0.1, 0.15) is 11.9 Å². The van der Waals surface area contributed by atoms with Crippen molar-refractivity contribution in [3.05, 3.63) is 45.9 Å². The lowest BCUT2D eigenvalue weighted by Gasteiger charge is -2.21. The predicted molar refractivity (Wildman–Crippen MR) is 76.6 cm³/mol. The van der Waals surface area contributed by atoms with Crippen molar-refractivity contribution in [3.63, 3.8) is 0 Å². The molecule has 2 rings (SSSR count). The molecule has 2 unspecified atom stereocenters. The normalized spacial score (nSPS) is 14.1. The van der Waals surface area contributed by atoms with Gasteiger partial charge in [-0.1, -0.05) is 12.1 Å². The van der Waals surface area contributed by atoms with Crippen LogP contribution in [-0.4, -0.2) is 23.7 Å². The Hall–Kier alpha value is -1.43. The first-order chi connectivity index (χ1) is 9.15. The van der Waals surface area contributed by atoms with Gasteiger partial charge >= 0.3 is 0 Å². The van der Waals surface area contributed by atoms with Crippen LogP contribution < -0.4 is 10.5 Å². The zero-order valence-corrected chi connectivity index (χ0v) is 11.9. The Bertz CT molecular complexity index is 542. The summed E-state index contributed by atoms with van der Waals surface area (Å²) in [5, 5.41) is 13.3. The van der Waals surface area contributed by atoms with E-state index in [-0.39, 0.29) is 5.92 Å². The molecule has 0 aliphatic heterocycles. The fourth-order valence-corrected chi connectivity index (χ4v) is 2.68. The first-order valence-electron chi connectivity index (χ1n) is 6.09. The maximum absolute atomic E-state index is 10.4. The van der Waals surface area contributed by atoms with E-state index in [4.69, 9.17) is 10.5 Å². The fourth-order valence-electron chi connectivity index (χ4n) is 2.04. The van der Waals surface area contributed by atoms with Crippen molar-refractivity contribution >= 4 is 11.3 Å². The van der Waals surface area contributed by atoms with Gasteiger partial charge in [-0.25, -0.2) is 4.98 Å². The van der Waals surface area contributed by atoms with Gasteiger partial charge in [0.2, 0.25) is 0 Å². The molecular formula is C14H18N2O2S. The van der Waals surface area contributed by atoms with Gasteiger partial charge in [-0.05, 0) is 24.6 Å². The molecule has 102 valence electrons. The van der Waals surface area contributed by atoms with Crippen LogP contribution in [0, 0.1) is 6.92 Å². The van der Waals surface area contributed by atoms with Crippen LogP contribution in [0.25, 0.3) is 0 Å². The number of aliphatic hydroxyl groups is 1. The number of nitrogens with zero attached hydrogens (tertiary/aromatic N) is 1. The van der Waals surface area contributed by atoms with E-state index in [2.05, 4.69) is 4.98 Å². The third kappa shape index (κ3) is 3.12. The number of benzene rings is 1. The van der Waals surface area contributed by atoms with Crippen molar-refractivity contribution in [2.75, 3.05) is 13.7 Å². The number of methoxy groups -OCH3 is 1. The fraction of sp³-hybridized carbons (Fsp3) is 0.357. The second kappa shape index (κ2) is 6.14. The molecule has 0 saturated heterocycles. The molecule has 2 aromatic rings. The van der Waals surface area contributed by atoms with Crippen molar-refractivity contribution in [1.82, 2.24) is 4.98 Å². The quantitative estimate of drug-likeness (QED) is 0.880. The second-order valence-corrected chi connectivity index (χ2v) is 5.42. The minimum Gasteiger partial charge on any atom is -0.497 e. The number of aryl methyl sites for hydroxylation is 1. The molecule has 0 saturated carbocycles. The molecule has 1 aromatic carbocycles. The van der Waals surface area contributed by atoms with E-state index >= 15 is 0 Å². The third-order valence-corrected chi connectivity index (χ3v) is 3.89. The van der Waals surface area contributed by atoms with Gasteiger partial charge in [0, 0.05) is 17.8 Å². The lowest BCUT2D eigenvalue weighted by molar-refractivity contribution is 0.143. The predicted octanol–water partition coefficient (Wildman–Crippen LogP) is 2.24. The van der Waals surface area contributed by atoms with E-state index in [0.29, 0.717) is 12.2 Å². The van der Waals surface area contributed by atoms with Crippen LogP contribution in [0.5, 0.6) is 5.75 Å². The topological polar surface area (TPSA) is 68.4 Å². The van der Waals surface area contributed by atoms with Crippen molar-refractivity contribution in [2.45, 2.75) is 18.9 Å². The lowest BCUT2D eigenvalue weighted by atomic mass is 9.92. The lowest BCUT2D eigenvalue weighted by Crippen LogP contribution is -2.20. The number of rotatable bonds is 5. The summed E-state index contributed by atoms with van der Waals surface area (Å²) in [5.74, 6) is 0.578. The standard InChI is InChI=1S/C14H18N2O2S/c1-9-16-13(8-19-9)14(17)12(7-15)10-4-3-5-11(6-10)18-2/h3-6,8,12,14,17H,7,15H2,1-2H3. The summed E-state index contributed by atoms with van der Waals surface area (Å²) in [6.07, 6.45) is -0.693. The average Bonchev–Trinajstić information content (AvgIpc) is 2.86. The van der Waals surface area contributed by atoms with Crippen LogP contribution in [0.4, 0.5) is 0 Å². The first kappa shape index (κ1) is 14.0. The highest BCUT2D eigenvalue weighted by Gasteiger charge is 2.23. The molecule has 1 heterocycles. The van der Waals surface area contributed by atoms with Gasteiger partial charge < -0.3 is 15.6 Å². The number of hydrogen-bond donors (Lipinski definition) is 2. The number of ether oxygens (including phenoxy) is 1. The summed E-state index contributed by atoms with van der Waals surface area (Å²) in [4.78, 5) is 4.33. The Morgan fingerprint density at radius 1 is 1.47 bits per heavy atom.